The maximum atomic E-state index is 16.1. The molecule has 0 bridgehead atoms. The van der Waals surface area contributed by atoms with Gasteiger partial charge in [-0.1, -0.05) is 57.0 Å². The minimum Gasteiger partial charge on any atom is -0.390 e. The SMILES string of the molecule is CC(C)CCCC(C)(C)NC[C@@H](O)[C@H](Cc1ccccc1)NC(=O)c1cc(NC(C)C)cc(N2CCCCS2(O)O)c1F. The van der Waals surface area contributed by atoms with Crippen LogP contribution >= 0.6 is 10.8 Å². The molecule has 1 amide bonds. The summed E-state index contributed by atoms with van der Waals surface area (Å²) < 4.78 is 38.9. The first-order chi connectivity index (χ1) is 20.2. The van der Waals surface area contributed by atoms with Crippen LogP contribution < -0.4 is 20.3 Å². The van der Waals surface area contributed by atoms with Crippen LogP contribution in [0, 0.1) is 11.7 Å². The first-order valence-corrected chi connectivity index (χ1v) is 17.3. The summed E-state index contributed by atoms with van der Waals surface area (Å²) in [5.41, 5.74) is 1.01. The number of nitrogens with one attached hydrogen (secondary N) is 3. The van der Waals surface area contributed by atoms with E-state index >= 15 is 4.39 Å². The lowest BCUT2D eigenvalue weighted by Gasteiger charge is -2.47. The maximum absolute atomic E-state index is 16.1. The zero-order valence-corrected chi connectivity index (χ0v) is 27.5. The molecular weight excluding hydrogens is 567 g/mol. The first-order valence-electron chi connectivity index (χ1n) is 15.6. The Balaban J connectivity index is 1.88. The largest absolute Gasteiger partial charge is 0.390 e. The van der Waals surface area contributed by atoms with Crippen molar-refractivity contribution in [1.82, 2.24) is 10.6 Å². The number of amides is 1. The van der Waals surface area contributed by atoms with E-state index < -0.39 is 34.6 Å². The van der Waals surface area contributed by atoms with Crippen molar-refractivity contribution < 1.29 is 23.4 Å². The second kappa shape index (κ2) is 15.6. The fourth-order valence-electron chi connectivity index (χ4n) is 5.42. The van der Waals surface area contributed by atoms with Crippen LogP contribution in [0.2, 0.25) is 0 Å². The monoisotopic (exact) mass is 620 g/mol. The van der Waals surface area contributed by atoms with E-state index in [0.29, 0.717) is 30.9 Å². The zero-order valence-electron chi connectivity index (χ0n) is 26.7. The van der Waals surface area contributed by atoms with Crippen molar-refractivity contribution in [3.63, 3.8) is 0 Å². The predicted molar refractivity (Wildman–Crippen MR) is 178 cm³/mol. The number of hydrogen-bond donors (Lipinski definition) is 6. The summed E-state index contributed by atoms with van der Waals surface area (Å²) in [6.45, 7) is 13.0. The molecule has 1 aliphatic heterocycles. The van der Waals surface area contributed by atoms with Crippen molar-refractivity contribution in [2.24, 2.45) is 5.92 Å². The fourth-order valence-corrected chi connectivity index (χ4v) is 7.10. The van der Waals surface area contributed by atoms with E-state index in [4.69, 9.17) is 0 Å². The van der Waals surface area contributed by atoms with Crippen LogP contribution in [0.25, 0.3) is 0 Å². The summed E-state index contributed by atoms with van der Waals surface area (Å²) in [6.07, 6.45) is 3.89. The minimum atomic E-state index is -3.21. The molecule has 0 aliphatic carbocycles. The summed E-state index contributed by atoms with van der Waals surface area (Å²) >= 11 is 0. The molecule has 0 spiro atoms. The molecule has 0 saturated carbocycles. The Morgan fingerprint density at radius 3 is 2.42 bits per heavy atom. The molecule has 242 valence electrons. The van der Waals surface area contributed by atoms with Crippen LogP contribution in [0.1, 0.15) is 89.6 Å². The number of aliphatic hydroxyl groups excluding tert-OH is 1. The number of β-amino-alcohol motifs (C(OH)–C–C–N with tert-alkyl or cyclic N) is 1. The van der Waals surface area contributed by atoms with Gasteiger partial charge in [-0.3, -0.25) is 18.2 Å². The van der Waals surface area contributed by atoms with Crippen molar-refractivity contribution >= 4 is 28.1 Å². The van der Waals surface area contributed by atoms with Crippen molar-refractivity contribution in [2.45, 2.75) is 104 Å². The van der Waals surface area contributed by atoms with Crippen LogP contribution in [0.3, 0.4) is 0 Å². The lowest BCUT2D eigenvalue weighted by Crippen LogP contribution is -2.52. The maximum Gasteiger partial charge on any atom is 0.254 e. The van der Waals surface area contributed by atoms with E-state index in [9.17, 15) is 19.0 Å². The summed E-state index contributed by atoms with van der Waals surface area (Å²) in [5.74, 6) is -0.700. The zero-order chi connectivity index (χ0) is 31.8. The van der Waals surface area contributed by atoms with E-state index in [1.165, 1.54) is 16.4 Å². The third kappa shape index (κ3) is 10.6. The van der Waals surface area contributed by atoms with Crippen LogP contribution in [0.4, 0.5) is 15.8 Å². The van der Waals surface area contributed by atoms with E-state index in [2.05, 4.69) is 43.6 Å². The first kappa shape index (κ1) is 35.1. The van der Waals surface area contributed by atoms with E-state index in [1.807, 2.05) is 44.2 Å². The number of aliphatic hydroxyl groups is 1. The Kier molecular flexibility index (Phi) is 12.7. The van der Waals surface area contributed by atoms with Crippen molar-refractivity contribution in [1.29, 1.82) is 0 Å². The van der Waals surface area contributed by atoms with Gasteiger partial charge in [0.15, 0.2) is 5.82 Å². The quantitative estimate of drug-likeness (QED) is 0.130. The Hall–Kier alpha value is -2.37. The van der Waals surface area contributed by atoms with Gasteiger partial charge in [0.25, 0.3) is 5.91 Å². The van der Waals surface area contributed by atoms with Gasteiger partial charge in [-0.25, -0.2) is 4.39 Å². The molecule has 1 heterocycles. The number of halogens is 1. The molecule has 1 aliphatic rings. The molecule has 2 aromatic rings. The van der Waals surface area contributed by atoms with E-state index in [0.717, 1.165) is 24.8 Å². The van der Waals surface area contributed by atoms with E-state index in [-0.39, 0.29) is 41.7 Å². The average Bonchev–Trinajstić information content (AvgIpc) is 2.92. The van der Waals surface area contributed by atoms with Crippen LogP contribution in [0.15, 0.2) is 42.5 Å². The van der Waals surface area contributed by atoms with Gasteiger partial charge < -0.3 is 21.1 Å². The van der Waals surface area contributed by atoms with Crippen molar-refractivity contribution in [3.05, 3.63) is 59.4 Å². The smallest absolute Gasteiger partial charge is 0.254 e. The molecule has 8 nitrogen and oxygen atoms in total. The highest BCUT2D eigenvalue weighted by Crippen LogP contribution is 2.51. The summed E-state index contributed by atoms with van der Waals surface area (Å²) in [5, 5.41) is 21.0. The summed E-state index contributed by atoms with van der Waals surface area (Å²) in [4.78, 5) is 13.8. The second-order valence-electron chi connectivity index (χ2n) is 13.2. The third-order valence-electron chi connectivity index (χ3n) is 7.86. The van der Waals surface area contributed by atoms with Crippen LogP contribution in [-0.4, -0.2) is 62.7 Å². The van der Waals surface area contributed by atoms with Crippen LogP contribution in [-0.2, 0) is 6.42 Å². The molecular formula is C33H53FN4O4S. The topological polar surface area (TPSA) is 117 Å². The Morgan fingerprint density at radius 1 is 1.09 bits per heavy atom. The summed E-state index contributed by atoms with van der Waals surface area (Å²) in [7, 11) is -3.21. The van der Waals surface area contributed by atoms with Gasteiger partial charge >= 0.3 is 0 Å². The molecule has 1 fully saturated rings. The second-order valence-corrected chi connectivity index (χ2v) is 15.3. The molecule has 0 unspecified atom stereocenters. The minimum absolute atomic E-state index is 0.00134. The molecule has 43 heavy (non-hydrogen) atoms. The van der Waals surface area contributed by atoms with Gasteiger partial charge in [0.1, 0.15) is 0 Å². The molecule has 0 aromatic heterocycles. The Labute approximate surface area is 259 Å². The standard InChI is InChI=1S/C33H53FN4O4S/c1-23(2)13-12-16-33(5,6)35-22-30(39)28(19-25-14-8-7-9-15-25)37-32(40)27-20-26(36-24(3)4)21-29(31(27)34)38-17-10-11-18-43(38,41)42/h7-9,14-15,20-21,23-24,28,30,35-36,39,41-42H,10-13,16-19,22H2,1-6H3,(H,37,40)/t28-,30+/m0/s1. The number of carbonyl (C=O) groups is 1. The van der Waals surface area contributed by atoms with Crippen molar-refractivity contribution in [3.8, 4) is 0 Å². The normalized spacial score (nSPS) is 17.5. The molecule has 3 rings (SSSR count). The number of benzene rings is 2. The molecule has 2 aromatic carbocycles. The van der Waals surface area contributed by atoms with Gasteiger partial charge in [-0.05, 0) is 77.0 Å². The highest BCUT2D eigenvalue weighted by molar-refractivity contribution is 8.25. The predicted octanol–water partition coefficient (Wildman–Crippen LogP) is 6.81. The number of carbonyl (C=O) groups excluding carboxylic acids is 1. The summed E-state index contributed by atoms with van der Waals surface area (Å²) in [6, 6.07) is 11.9. The van der Waals surface area contributed by atoms with Crippen molar-refractivity contribution in [2.75, 3.05) is 28.5 Å². The van der Waals surface area contributed by atoms with E-state index in [1.54, 1.807) is 0 Å². The molecule has 6 N–H and O–H groups in total. The van der Waals surface area contributed by atoms with Gasteiger partial charge in [0.05, 0.1) is 29.1 Å². The molecule has 0 radical (unpaired) electrons. The van der Waals surface area contributed by atoms with Gasteiger partial charge in [0, 0.05) is 30.4 Å². The molecule has 2 atom stereocenters. The Bertz CT molecular complexity index is 1180. The highest BCUT2D eigenvalue weighted by Gasteiger charge is 2.32. The lowest BCUT2D eigenvalue weighted by molar-refractivity contribution is 0.0808. The average molecular weight is 621 g/mol. The van der Waals surface area contributed by atoms with Crippen LogP contribution in [0.5, 0.6) is 0 Å². The number of anilines is 2. The highest BCUT2D eigenvalue weighted by atomic mass is 32.3. The number of rotatable bonds is 15. The third-order valence-corrected chi connectivity index (χ3v) is 9.78. The fraction of sp³-hybridized carbons (Fsp3) is 0.606. The molecule has 1 saturated heterocycles. The van der Waals surface area contributed by atoms with Gasteiger partial charge in [-0.15, -0.1) is 10.8 Å². The number of hydrogen-bond acceptors (Lipinski definition) is 7. The number of nitrogens with zero attached hydrogens (tertiary/aromatic N) is 1. The van der Waals surface area contributed by atoms with Gasteiger partial charge in [0.2, 0.25) is 0 Å². The Morgan fingerprint density at radius 2 is 1.79 bits per heavy atom. The molecule has 10 heteroatoms. The van der Waals surface area contributed by atoms with Gasteiger partial charge in [-0.2, -0.15) is 0 Å². The lowest BCUT2D eigenvalue weighted by atomic mass is 9.93.